The Morgan fingerprint density at radius 3 is 2.41 bits per heavy atom. The maximum atomic E-state index is 5.75. The van der Waals surface area contributed by atoms with E-state index in [2.05, 4.69) is 82.0 Å². The summed E-state index contributed by atoms with van der Waals surface area (Å²) < 4.78 is 0. The van der Waals surface area contributed by atoms with Crippen LogP contribution in [0, 0.1) is 0 Å². The number of benzene rings is 2. The minimum Gasteiger partial charge on any atom is -0.411 e. The Bertz CT molecular complexity index is 869. The van der Waals surface area contributed by atoms with E-state index in [9.17, 15) is 0 Å². The molecule has 2 N–H and O–H groups in total. The van der Waals surface area contributed by atoms with Crippen molar-refractivity contribution in [3.8, 4) is 5.75 Å². The first kappa shape index (κ1) is 19.2. The maximum absolute atomic E-state index is 5.75. The lowest BCUT2D eigenvalue weighted by Crippen LogP contribution is -2.16. The smallest absolute Gasteiger partial charge is 0.158 e. The molecule has 140 valence electrons. The molecule has 0 fully saturated rings. The van der Waals surface area contributed by atoms with E-state index in [1.807, 2.05) is 12.1 Å². The second-order valence-corrected chi connectivity index (χ2v) is 8.08. The van der Waals surface area contributed by atoms with Gasteiger partial charge in [-0.2, -0.15) is 5.90 Å². The molecule has 2 heteroatoms. The summed E-state index contributed by atoms with van der Waals surface area (Å²) in [6.45, 7) is 10.6. The largest absolute Gasteiger partial charge is 0.411 e. The first-order valence-electron chi connectivity index (χ1n) is 9.55. The zero-order valence-corrected chi connectivity index (χ0v) is 16.5. The molecule has 0 aliphatic heterocycles. The molecule has 0 heterocycles. The molecule has 3 rings (SSSR count). The van der Waals surface area contributed by atoms with Crippen LogP contribution in [-0.2, 0) is 5.41 Å². The molecule has 1 atom stereocenters. The van der Waals surface area contributed by atoms with Gasteiger partial charge in [0.15, 0.2) is 5.75 Å². The monoisotopic (exact) mass is 359 g/mol. The summed E-state index contributed by atoms with van der Waals surface area (Å²) in [5.41, 5.74) is 5.79. The standard InChI is InChI=1S/C25H29NO/c1-5-18-16-21(25(2,3)4)17-22(24(18)27-26)23(19-12-8-6-9-13-19)20-14-10-7-11-15-20/h5-6,8-10,12-17,23H,1,7,11,26H2,2-4H3. The van der Waals surface area contributed by atoms with Crippen LogP contribution in [-0.4, -0.2) is 0 Å². The average molecular weight is 360 g/mol. The topological polar surface area (TPSA) is 35.2 Å². The fourth-order valence-electron chi connectivity index (χ4n) is 3.65. The van der Waals surface area contributed by atoms with Gasteiger partial charge in [0.25, 0.3) is 0 Å². The molecule has 0 saturated heterocycles. The summed E-state index contributed by atoms with van der Waals surface area (Å²) in [4.78, 5) is 5.41. The fourth-order valence-corrected chi connectivity index (χ4v) is 3.65. The maximum Gasteiger partial charge on any atom is 0.158 e. The summed E-state index contributed by atoms with van der Waals surface area (Å²) in [5.74, 6) is 6.52. The second-order valence-electron chi connectivity index (χ2n) is 8.08. The van der Waals surface area contributed by atoms with Gasteiger partial charge in [-0.25, -0.2) is 0 Å². The van der Waals surface area contributed by atoms with Crippen molar-refractivity contribution in [3.05, 3.63) is 95.1 Å². The van der Waals surface area contributed by atoms with Crippen molar-refractivity contribution in [3.63, 3.8) is 0 Å². The SMILES string of the molecule is C=Cc1cc(C(C)(C)C)cc(C(C2=CCCC=C2)c2ccccc2)c1ON. The Morgan fingerprint density at radius 2 is 1.85 bits per heavy atom. The van der Waals surface area contributed by atoms with Gasteiger partial charge < -0.3 is 4.84 Å². The van der Waals surface area contributed by atoms with Gasteiger partial charge in [-0.3, -0.25) is 0 Å². The van der Waals surface area contributed by atoms with Crippen LogP contribution in [0.25, 0.3) is 6.08 Å². The van der Waals surface area contributed by atoms with Crippen molar-refractivity contribution in [1.29, 1.82) is 0 Å². The third kappa shape index (κ3) is 4.06. The lowest BCUT2D eigenvalue weighted by Gasteiger charge is -2.27. The normalized spacial score (nSPS) is 15.2. The van der Waals surface area contributed by atoms with Gasteiger partial charge in [0.05, 0.1) is 0 Å². The van der Waals surface area contributed by atoms with Crippen LogP contribution >= 0.6 is 0 Å². The highest BCUT2D eigenvalue weighted by Crippen LogP contribution is 2.42. The zero-order valence-electron chi connectivity index (χ0n) is 16.5. The van der Waals surface area contributed by atoms with Crippen molar-refractivity contribution in [2.75, 3.05) is 0 Å². The van der Waals surface area contributed by atoms with E-state index in [1.165, 1.54) is 16.7 Å². The van der Waals surface area contributed by atoms with Gasteiger partial charge in [-0.05, 0) is 41.0 Å². The second kappa shape index (κ2) is 7.98. The molecule has 0 spiro atoms. The lowest BCUT2D eigenvalue weighted by molar-refractivity contribution is 0.329. The number of rotatable bonds is 5. The Hall–Kier alpha value is -2.58. The van der Waals surface area contributed by atoms with Crippen LogP contribution in [0.4, 0.5) is 0 Å². The van der Waals surface area contributed by atoms with Crippen molar-refractivity contribution in [2.24, 2.45) is 5.90 Å². The molecular formula is C25H29NO. The van der Waals surface area contributed by atoms with E-state index in [0.717, 1.165) is 24.0 Å². The van der Waals surface area contributed by atoms with Gasteiger partial charge >= 0.3 is 0 Å². The van der Waals surface area contributed by atoms with Crippen LogP contribution in [0.1, 0.15) is 61.8 Å². The molecule has 2 nitrogen and oxygen atoms in total. The first-order valence-corrected chi connectivity index (χ1v) is 9.55. The highest BCUT2D eigenvalue weighted by Gasteiger charge is 2.26. The van der Waals surface area contributed by atoms with Crippen molar-refractivity contribution in [1.82, 2.24) is 0 Å². The predicted molar refractivity (Wildman–Crippen MR) is 115 cm³/mol. The molecule has 0 aromatic heterocycles. The van der Waals surface area contributed by atoms with Crippen LogP contribution in [0.15, 0.2) is 72.8 Å². The Morgan fingerprint density at radius 1 is 1.11 bits per heavy atom. The summed E-state index contributed by atoms with van der Waals surface area (Å²) in [6.07, 6.45) is 10.8. The summed E-state index contributed by atoms with van der Waals surface area (Å²) in [7, 11) is 0. The zero-order chi connectivity index (χ0) is 19.4. The highest BCUT2D eigenvalue weighted by atomic mass is 16.6. The van der Waals surface area contributed by atoms with Crippen LogP contribution < -0.4 is 10.7 Å². The van der Waals surface area contributed by atoms with E-state index in [-0.39, 0.29) is 11.3 Å². The van der Waals surface area contributed by atoms with E-state index in [1.54, 1.807) is 0 Å². The fraction of sp³-hybridized carbons (Fsp3) is 0.280. The van der Waals surface area contributed by atoms with Crippen LogP contribution in [0.2, 0.25) is 0 Å². The molecule has 0 amide bonds. The Labute approximate surface area is 163 Å². The van der Waals surface area contributed by atoms with Crippen LogP contribution in [0.5, 0.6) is 5.75 Å². The number of nitrogens with two attached hydrogens (primary N) is 1. The van der Waals surface area contributed by atoms with Crippen LogP contribution in [0.3, 0.4) is 0 Å². The van der Waals surface area contributed by atoms with E-state index < -0.39 is 0 Å². The molecule has 0 radical (unpaired) electrons. The molecule has 0 saturated carbocycles. The Balaban J connectivity index is 2.29. The molecule has 1 aliphatic rings. The molecule has 1 aliphatic carbocycles. The van der Waals surface area contributed by atoms with Gasteiger partial charge in [0, 0.05) is 17.0 Å². The molecule has 2 aromatic carbocycles. The van der Waals surface area contributed by atoms with E-state index in [4.69, 9.17) is 10.7 Å². The molecule has 27 heavy (non-hydrogen) atoms. The van der Waals surface area contributed by atoms with Crippen molar-refractivity contribution in [2.45, 2.75) is 44.9 Å². The van der Waals surface area contributed by atoms with E-state index in [0.29, 0.717) is 5.75 Å². The van der Waals surface area contributed by atoms with Crippen molar-refractivity contribution < 1.29 is 4.84 Å². The van der Waals surface area contributed by atoms with Gasteiger partial charge in [-0.15, -0.1) is 0 Å². The third-order valence-electron chi connectivity index (χ3n) is 5.15. The number of hydrogen-bond donors (Lipinski definition) is 1. The Kier molecular flexibility index (Phi) is 5.67. The minimum atomic E-state index is 0.0116. The average Bonchev–Trinajstić information content (AvgIpc) is 2.68. The third-order valence-corrected chi connectivity index (χ3v) is 5.15. The number of hydrogen-bond acceptors (Lipinski definition) is 2. The van der Waals surface area contributed by atoms with Gasteiger partial charge in [-0.1, -0.05) is 88.1 Å². The van der Waals surface area contributed by atoms with E-state index >= 15 is 0 Å². The first-order chi connectivity index (χ1) is 13.0. The summed E-state index contributed by atoms with van der Waals surface area (Å²) in [6, 6.07) is 14.9. The van der Waals surface area contributed by atoms with Gasteiger partial charge in [0.1, 0.15) is 0 Å². The van der Waals surface area contributed by atoms with Gasteiger partial charge in [0.2, 0.25) is 0 Å². The number of allylic oxidation sites excluding steroid dienone is 4. The molecule has 1 unspecified atom stereocenters. The quantitative estimate of drug-likeness (QED) is 0.637. The summed E-state index contributed by atoms with van der Waals surface area (Å²) in [5, 5.41) is 0. The molecular weight excluding hydrogens is 330 g/mol. The highest BCUT2D eigenvalue weighted by molar-refractivity contribution is 5.64. The molecule has 0 bridgehead atoms. The predicted octanol–water partition coefficient (Wildman–Crippen LogP) is 6.29. The van der Waals surface area contributed by atoms with Crippen molar-refractivity contribution >= 4 is 6.08 Å². The lowest BCUT2D eigenvalue weighted by atomic mass is 9.78. The molecule has 2 aromatic rings. The summed E-state index contributed by atoms with van der Waals surface area (Å²) >= 11 is 0. The minimum absolute atomic E-state index is 0.0116.